The summed E-state index contributed by atoms with van der Waals surface area (Å²) in [7, 11) is 0. The maximum absolute atomic E-state index is 11.7. The number of alkyl halides is 3. The molecule has 1 fully saturated rings. The van der Waals surface area contributed by atoms with Crippen LogP contribution in [0.5, 0.6) is 0 Å². The van der Waals surface area contributed by atoms with Gasteiger partial charge in [0.25, 0.3) is 0 Å². The number of hydrogen-bond acceptors (Lipinski definition) is 3. The van der Waals surface area contributed by atoms with E-state index in [0.717, 1.165) is 13.0 Å². The minimum absolute atomic E-state index is 0.00676. The van der Waals surface area contributed by atoms with Crippen molar-refractivity contribution in [2.75, 3.05) is 26.3 Å². The van der Waals surface area contributed by atoms with Gasteiger partial charge < -0.3 is 5.11 Å². The lowest BCUT2D eigenvalue weighted by Crippen LogP contribution is -2.38. The quantitative estimate of drug-likeness (QED) is 0.784. The van der Waals surface area contributed by atoms with Gasteiger partial charge in [-0.1, -0.05) is 6.92 Å². The minimum Gasteiger partial charge on any atom is -0.395 e. The third kappa shape index (κ3) is 3.96. The Morgan fingerprint density at radius 3 is 2.67 bits per heavy atom. The fourth-order valence-electron chi connectivity index (χ4n) is 1.94. The average molecular weight is 227 g/mol. The predicted octanol–water partition coefficient (Wildman–Crippen LogP) is 1.23. The van der Waals surface area contributed by atoms with Crippen LogP contribution in [0.3, 0.4) is 0 Å². The molecule has 1 aliphatic heterocycles. The third-order valence-corrected chi connectivity index (χ3v) is 2.83. The van der Waals surface area contributed by atoms with Gasteiger partial charge in [0.1, 0.15) is 0 Å². The Balaban J connectivity index is 2.27. The third-order valence-electron chi connectivity index (χ3n) is 2.83. The normalized spacial score (nSPS) is 28.6. The standard InChI is InChI=1S/C9H16F3NO2/c1-7-2-3-13(8(7)6-14)4-5-15-9(10,11)12/h7-8,14H,2-6H2,1H3. The van der Waals surface area contributed by atoms with Crippen molar-refractivity contribution in [1.82, 2.24) is 4.90 Å². The van der Waals surface area contributed by atoms with Gasteiger partial charge in [-0.3, -0.25) is 9.64 Å². The van der Waals surface area contributed by atoms with E-state index >= 15 is 0 Å². The molecule has 0 spiro atoms. The van der Waals surface area contributed by atoms with Gasteiger partial charge >= 0.3 is 6.36 Å². The summed E-state index contributed by atoms with van der Waals surface area (Å²) in [6, 6.07) is -0.0261. The van der Waals surface area contributed by atoms with E-state index in [9.17, 15) is 13.2 Å². The van der Waals surface area contributed by atoms with E-state index in [-0.39, 0.29) is 25.8 Å². The highest BCUT2D eigenvalue weighted by Crippen LogP contribution is 2.23. The molecule has 90 valence electrons. The lowest BCUT2D eigenvalue weighted by molar-refractivity contribution is -0.325. The van der Waals surface area contributed by atoms with E-state index in [0.29, 0.717) is 5.92 Å². The number of nitrogens with zero attached hydrogens (tertiary/aromatic N) is 1. The Morgan fingerprint density at radius 2 is 2.13 bits per heavy atom. The van der Waals surface area contributed by atoms with Crippen LogP contribution in [0.25, 0.3) is 0 Å². The zero-order valence-corrected chi connectivity index (χ0v) is 8.63. The van der Waals surface area contributed by atoms with Crippen molar-refractivity contribution in [1.29, 1.82) is 0 Å². The molecular formula is C9H16F3NO2. The van der Waals surface area contributed by atoms with Gasteiger partial charge in [0.05, 0.1) is 13.2 Å². The summed E-state index contributed by atoms with van der Waals surface area (Å²) >= 11 is 0. The second kappa shape index (κ2) is 5.14. The first-order chi connectivity index (χ1) is 6.94. The number of likely N-dealkylation sites (tertiary alicyclic amines) is 1. The molecule has 1 rings (SSSR count). The van der Waals surface area contributed by atoms with Gasteiger partial charge in [0.2, 0.25) is 0 Å². The molecule has 0 aliphatic carbocycles. The summed E-state index contributed by atoms with van der Waals surface area (Å²) in [5.74, 6) is 0.334. The van der Waals surface area contributed by atoms with Crippen molar-refractivity contribution in [3.8, 4) is 0 Å². The molecule has 15 heavy (non-hydrogen) atoms. The second-order valence-electron chi connectivity index (χ2n) is 3.85. The Morgan fingerprint density at radius 1 is 1.47 bits per heavy atom. The van der Waals surface area contributed by atoms with E-state index in [4.69, 9.17) is 5.11 Å². The SMILES string of the molecule is CC1CCN(CCOC(F)(F)F)C1CO. The molecule has 0 saturated carbocycles. The summed E-state index contributed by atoms with van der Waals surface area (Å²) in [6.45, 7) is 2.56. The zero-order valence-electron chi connectivity index (χ0n) is 8.63. The number of hydrogen-bond donors (Lipinski definition) is 1. The first kappa shape index (κ1) is 12.7. The molecular weight excluding hydrogens is 211 g/mol. The molecule has 6 heteroatoms. The van der Waals surface area contributed by atoms with Crippen LogP contribution >= 0.6 is 0 Å². The van der Waals surface area contributed by atoms with Crippen molar-refractivity contribution in [3.63, 3.8) is 0 Å². The molecule has 1 saturated heterocycles. The summed E-state index contributed by atoms with van der Waals surface area (Å²) in [6.07, 6.45) is -3.64. The summed E-state index contributed by atoms with van der Waals surface area (Å²) in [4.78, 5) is 1.84. The Hall–Kier alpha value is -0.330. The average Bonchev–Trinajstić information content (AvgIpc) is 2.44. The van der Waals surface area contributed by atoms with Crippen LogP contribution in [-0.2, 0) is 4.74 Å². The number of aliphatic hydroxyl groups is 1. The van der Waals surface area contributed by atoms with Crippen molar-refractivity contribution in [3.05, 3.63) is 0 Å². The lowest BCUT2D eigenvalue weighted by Gasteiger charge is -2.24. The molecule has 0 aromatic heterocycles. The molecule has 0 bridgehead atoms. The fourth-order valence-corrected chi connectivity index (χ4v) is 1.94. The van der Waals surface area contributed by atoms with Crippen LogP contribution < -0.4 is 0 Å². The van der Waals surface area contributed by atoms with Gasteiger partial charge in [-0.15, -0.1) is 13.2 Å². The topological polar surface area (TPSA) is 32.7 Å². The summed E-state index contributed by atoms with van der Waals surface area (Å²) in [5.41, 5.74) is 0. The molecule has 0 radical (unpaired) electrons. The zero-order chi connectivity index (χ0) is 11.5. The second-order valence-corrected chi connectivity index (χ2v) is 3.85. The van der Waals surface area contributed by atoms with Crippen LogP contribution in [0.2, 0.25) is 0 Å². The van der Waals surface area contributed by atoms with Gasteiger partial charge in [0, 0.05) is 12.6 Å². The van der Waals surface area contributed by atoms with Gasteiger partial charge in [-0.25, -0.2) is 0 Å². The lowest BCUT2D eigenvalue weighted by atomic mass is 10.0. The first-order valence-electron chi connectivity index (χ1n) is 4.99. The Labute approximate surface area is 86.8 Å². The minimum atomic E-state index is -4.56. The highest BCUT2D eigenvalue weighted by atomic mass is 19.4. The Kier molecular flexibility index (Phi) is 4.36. The highest BCUT2D eigenvalue weighted by Gasteiger charge is 2.32. The fraction of sp³-hybridized carbons (Fsp3) is 1.00. The maximum Gasteiger partial charge on any atom is 0.522 e. The molecule has 0 aromatic rings. The molecule has 0 amide bonds. The first-order valence-corrected chi connectivity index (χ1v) is 4.99. The number of aliphatic hydroxyl groups excluding tert-OH is 1. The summed E-state index contributed by atoms with van der Waals surface area (Å²) in [5, 5.41) is 9.06. The van der Waals surface area contributed by atoms with Gasteiger partial charge in [-0.2, -0.15) is 0 Å². The van der Waals surface area contributed by atoms with Crippen molar-refractivity contribution < 1.29 is 23.0 Å². The predicted molar refractivity (Wildman–Crippen MR) is 48.2 cm³/mol. The molecule has 1 aliphatic rings. The molecule has 1 heterocycles. The van der Waals surface area contributed by atoms with E-state index < -0.39 is 6.36 Å². The van der Waals surface area contributed by atoms with Crippen LogP contribution in [0.4, 0.5) is 13.2 Å². The van der Waals surface area contributed by atoms with Gasteiger partial charge in [-0.05, 0) is 18.9 Å². The van der Waals surface area contributed by atoms with E-state index in [1.54, 1.807) is 0 Å². The van der Waals surface area contributed by atoms with E-state index in [2.05, 4.69) is 4.74 Å². The van der Waals surface area contributed by atoms with Gasteiger partial charge in [0.15, 0.2) is 0 Å². The largest absolute Gasteiger partial charge is 0.522 e. The van der Waals surface area contributed by atoms with Crippen LogP contribution in [0.1, 0.15) is 13.3 Å². The molecule has 2 atom stereocenters. The number of halogens is 3. The molecule has 3 nitrogen and oxygen atoms in total. The smallest absolute Gasteiger partial charge is 0.395 e. The summed E-state index contributed by atoms with van der Waals surface area (Å²) < 4.78 is 38.8. The highest BCUT2D eigenvalue weighted by molar-refractivity contribution is 4.83. The maximum atomic E-state index is 11.7. The monoisotopic (exact) mass is 227 g/mol. The van der Waals surface area contributed by atoms with Crippen molar-refractivity contribution in [2.24, 2.45) is 5.92 Å². The number of rotatable bonds is 4. The van der Waals surface area contributed by atoms with Crippen LogP contribution in [-0.4, -0.2) is 48.7 Å². The Bertz CT molecular complexity index is 198. The molecule has 2 unspecified atom stereocenters. The number of ether oxygens (including phenoxy) is 1. The van der Waals surface area contributed by atoms with Crippen LogP contribution in [0.15, 0.2) is 0 Å². The van der Waals surface area contributed by atoms with Crippen molar-refractivity contribution in [2.45, 2.75) is 25.7 Å². The molecule has 1 N–H and O–H groups in total. The van der Waals surface area contributed by atoms with E-state index in [1.807, 2.05) is 11.8 Å². The van der Waals surface area contributed by atoms with E-state index in [1.165, 1.54) is 0 Å². The van der Waals surface area contributed by atoms with Crippen molar-refractivity contribution >= 4 is 0 Å². The van der Waals surface area contributed by atoms with Crippen LogP contribution in [0, 0.1) is 5.92 Å². The molecule has 0 aromatic carbocycles.